The van der Waals surface area contributed by atoms with Crippen LogP contribution in [-0.4, -0.2) is 29.3 Å². The van der Waals surface area contributed by atoms with Crippen molar-refractivity contribution in [2.45, 2.75) is 32.5 Å². The van der Waals surface area contributed by atoms with Crippen LogP contribution in [0.25, 0.3) is 0 Å². The molecule has 1 unspecified atom stereocenters. The molecule has 0 saturated carbocycles. The number of aliphatic hydroxyl groups is 1. The predicted octanol–water partition coefficient (Wildman–Crippen LogP) is 1.99. The van der Waals surface area contributed by atoms with Gasteiger partial charge in [-0.3, -0.25) is 4.79 Å². The van der Waals surface area contributed by atoms with Gasteiger partial charge in [-0.25, -0.2) is 0 Å². The summed E-state index contributed by atoms with van der Waals surface area (Å²) in [6, 6.07) is 6.78. The van der Waals surface area contributed by atoms with E-state index in [0.717, 1.165) is 0 Å². The topological polar surface area (TPSA) is 58.6 Å². The molecule has 0 aliphatic heterocycles. The van der Waals surface area contributed by atoms with Crippen molar-refractivity contribution in [3.8, 4) is 5.75 Å². The van der Waals surface area contributed by atoms with Crippen LogP contribution < -0.4 is 10.1 Å². The molecule has 2 N–H and O–H groups in total. The Morgan fingerprint density at radius 3 is 2.50 bits per heavy atom. The summed E-state index contributed by atoms with van der Waals surface area (Å²) < 4.78 is 5.44. The molecule has 1 aromatic rings. The largest absolute Gasteiger partial charge is 0.481 e. The van der Waals surface area contributed by atoms with Crippen molar-refractivity contribution < 1.29 is 14.6 Å². The summed E-state index contributed by atoms with van der Waals surface area (Å²) in [4.78, 5) is 11.7. The second kappa shape index (κ2) is 6.07. The average molecular weight is 272 g/mol. The zero-order valence-corrected chi connectivity index (χ0v) is 11.5. The summed E-state index contributed by atoms with van der Waals surface area (Å²) in [6.07, 6.45) is -0.631. The van der Waals surface area contributed by atoms with E-state index in [1.165, 1.54) is 0 Å². The van der Waals surface area contributed by atoms with E-state index >= 15 is 0 Å². The zero-order valence-electron chi connectivity index (χ0n) is 10.7. The SMILES string of the molecule is CC(Oc1ccc(Cl)cc1)C(=O)NCC(C)(C)O. The minimum atomic E-state index is -0.935. The van der Waals surface area contributed by atoms with Crippen molar-refractivity contribution >= 4 is 17.5 Å². The highest BCUT2D eigenvalue weighted by Gasteiger charge is 2.18. The van der Waals surface area contributed by atoms with Gasteiger partial charge in [0.25, 0.3) is 5.91 Å². The Morgan fingerprint density at radius 2 is 2.00 bits per heavy atom. The lowest BCUT2D eigenvalue weighted by Gasteiger charge is -2.20. The standard InChI is InChI=1S/C13H18ClNO3/c1-9(12(16)15-8-13(2,3)17)18-11-6-4-10(14)5-7-11/h4-7,9,17H,8H2,1-3H3,(H,15,16). The van der Waals surface area contributed by atoms with Crippen LogP contribution in [0.5, 0.6) is 5.75 Å². The summed E-state index contributed by atoms with van der Waals surface area (Å²) in [6.45, 7) is 5.07. The first kappa shape index (κ1) is 14.8. The number of nitrogens with one attached hydrogen (secondary N) is 1. The van der Waals surface area contributed by atoms with E-state index in [1.807, 2.05) is 0 Å². The number of hydrogen-bond acceptors (Lipinski definition) is 3. The van der Waals surface area contributed by atoms with Gasteiger partial charge in [0, 0.05) is 11.6 Å². The quantitative estimate of drug-likeness (QED) is 0.861. The fourth-order valence-electron chi connectivity index (χ4n) is 1.22. The number of carbonyl (C=O) groups excluding carboxylic acids is 1. The number of carbonyl (C=O) groups is 1. The van der Waals surface area contributed by atoms with Crippen molar-refractivity contribution in [2.24, 2.45) is 0 Å². The molecular weight excluding hydrogens is 254 g/mol. The second-order valence-corrected chi connectivity index (χ2v) is 5.18. The van der Waals surface area contributed by atoms with E-state index in [9.17, 15) is 9.90 Å². The Morgan fingerprint density at radius 1 is 1.44 bits per heavy atom. The highest BCUT2D eigenvalue weighted by atomic mass is 35.5. The van der Waals surface area contributed by atoms with E-state index in [2.05, 4.69) is 5.32 Å². The molecule has 0 fully saturated rings. The van der Waals surface area contributed by atoms with Crippen LogP contribution in [-0.2, 0) is 4.79 Å². The maximum absolute atomic E-state index is 11.7. The van der Waals surface area contributed by atoms with Gasteiger partial charge in [-0.1, -0.05) is 11.6 Å². The monoisotopic (exact) mass is 271 g/mol. The molecule has 0 spiro atoms. The van der Waals surface area contributed by atoms with E-state index in [-0.39, 0.29) is 12.5 Å². The molecule has 0 bridgehead atoms. The van der Waals surface area contributed by atoms with E-state index < -0.39 is 11.7 Å². The van der Waals surface area contributed by atoms with Crippen LogP contribution in [0.1, 0.15) is 20.8 Å². The minimum absolute atomic E-state index is 0.181. The van der Waals surface area contributed by atoms with E-state index in [4.69, 9.17) is 16.3 Å². The zero-order chi connectivity index (χ0) is 13.8. The molecule has 5 heteroatoms. The Balaban J connectivity index is 2.47. The number of hydrogen-bond donors (Lipinski definition) is 2. The van der Waals surface area contributed by atoms with Gasteiger partial charge in [0.05, 0.1) is 5.60 Å². The van der Waals surface area contributed by atoms with Gasteiger partial charge in [-0.15, -0.1) is 0 Å². The Kier molecular flexibility index (Phi) is 4.99. The number of rotatable bonds is 5. The summed E-state index contributed by atoms with van der Waals surface area (Å²) in [5.74, 6) is 0.303. The van der Waals surface area contributed by atoms with Crippen LogP contribution in [0.4, 0.5) is 0 Å². The van der Waals surface area contributed by atoms with Crippen LogP contribution >= 0.6 is 11.6 Å². The maximum atomic E-state index is 11.7. The van der Waals surface area contributed by atoms with Crippen LogP contribution in [0, 0.1) is 0 Å². The van der Waals surface area contributed by atoms with Gasteiger partial charge in [-0.2, -0.15) is 0 Å². The lowest BCUT2D eigenvalue weighted by Crippen LogP contribution is -2.43. The summed E-state index contributed by atoms with van der Waals surface area (Å²) in [5.41, 5.74) is -0.935. The first-order valence-electron chi connectivity index (χ1n) is 5.70. The normalized spacial score (nSPS) is 12.9. The highest BCUT2D eigenvalue weighted by molar-refractivity contribution is 6.30. The van der Waals surface area contributed by atoms with E-state index in [0.29, 0.717) is 10.8 Å². The summed E-state index contributed by atoms with van der Waals surface area (Å²) in [7, 11) is 0. The lowest BCUT2D eigenvalue weighted by atomic mass is 10.1. The molecule has 4 nitrogen and oxygen atoms in total. The lowest BCUT2D eigenvalue weighted by molar-refractivity contribution is -0.128. The number of benzene rings is 1. The number of ether oxygens (including phenoxy) is 1. The Labute approximate surface area is 112 Å². The third-order valence-electron chi connectivity index (χ3n) is 2.19. The summed E-state index contributed by atoms with van der Waals surface area (Å²) in [5, 5.41) is 12.7. The second-order valence-electron chi connectivity index (χ2n) is 4.74. The van der Waals surface area contributed by atoms with Gasteiger partial charge < -0.3 is 15.2 Å². The first-order valence-corrected chi connectivity index (χ1v) is 6.08. The molecule has 0 aromatic heterocycles. The molecule has 0 heterocycles. The van der Waals surface area contributed by atoms with Gasteiger partial charge >= 0.3 is 0 Å². The van der Waals surface area contributed by atoms with Crippen molar-refractivity contribution in [3.05, 3.63) is 29.3 Å². The van der Waals surface area contributed by atoms with Gasteiger partial charge in [0.15, 0.2) is 6.10 Å². The minimum Gasteiger partial charge on any atom is -0.481 e. The van der Waals surface area contributed by atoms with Gasteiger partial charge in [0.2, 0.25) is 0 Å². The van der Waals surface area contributed by atoms with Crippen molar-refractivity contribution in [1.29, 1.82) is 0 Å². The van der Waals surface area contributed by atoms with Gasteiger partial charge in [0.1, 0.15) is 5.75 Å². The molecule has 0 saturated heterocycles. The molecule has 0 radical (unpaired) electrons. The molecule has 1 aromatic carbocycles. The van der Waals surface area contributed by atoms with Crippen LogP contribution in [0.15, 0.2) is 24.3 Å². The first-order chi connectivity index (χ1) is 8.28. The maximum Gasteiger partial charge on any atom is 0.260 e. The van der Waals surface area contributed by atoms with Crippen molar-refractivity contribution in [1.82, 2.24) is 5.32 Å². The molecule has 0 aliphatic rings. The van der Waals surface area contributed by atoms with Crippen molar-refractivity contribution in [2.75, 3.05) is 6.54 Å². The molecule has 18 heavy (non-hydrogen) atoms. The van der Waals surface area contributed by atoms with E-state index in [1.54, 1.807) is 45.0 Å². The predicted molar refractivity (Wildman–Crippen MR) is 70.8 cm³/mol. The smallest absolute Gasteiger partial charge is 0.260 e. The highest BCUT2D eigenvalue weighted by Crippen LogP contribution is 2.16. The Hall–Kier alpha value is -1.26. The third kappa shape index (κ3) is 5.38. The molecule has 1 rings (SSSR count). The molecular formula is C13H18ClNO3. The fourth-order valence-corrected chi connectivity index (χ4v) is 1.34. The number of amides is 1. The Bertz CT molecular complexity index is 398. The average Bonchev–Trinajstić information content (AvgIpc) is 2.28. The molecule has 0 aliphatic carbocycles. The van der Waals surface area contributed by atoms with Crippen LogP contribution in [0.3, 0.4) is 0 Å². The third-order valence-corrected chi connectivity index (χ3v) is 2.44. The molecule has 100 valence electrons. The summed E-state index contributed by atoms with van der Waals surface area (Å²) >= 11 is 5.75. The fraction of sp³-hybridized carbons (Fsp3) is 0.462. The van der Waals surface area contributed by atoms with Crippen molar-refractivity contribution in [3.63, 3.8) is 0 Å². The molecule has 1 atom stereocenters. The van der Waals surface area contributed by atoms with Crippen LogP contribution in [0.2, 0.25) is 5.02 Å². The van der Waals surface area contributed by atoms with Gasteiger partial charge in [-0.05, 0) is 45.0 Å². The molecule has 1 amide bonds. The number of halogens is 1.